The Hall–Kier alpha value is -1.36. The highest BCUT2D eigenvalue weighted by molar-refractivity contribution is 7.90. The molecule has 0 N–H and O–H groups in total. The summed E-state index contributed by atoms with van der Waals surface area (Å²) in [6, 6.07) is 6.15. The Bertz CT molecular complexity index is 491. The van der Waals surface area contributed by atoms with Crippen LogP contribution in [0.25, 0.3) is 0 Å². The Kier molecular flexibility index (Phi) is 4.69. The Morgan fingerprint density at radius 1 is 1.35 bits per heavy atom. The van der Waals surface area contributed by atoms with Crippen molar-refractivity contribution >= 4 is 15.6 Å². The molecule has 0 heterocycles. The smallest absolute Gasteiger partial charge is 0.175 e. The van der Waals surface area contributed by atoms with E-state index in [9.17, 15) is 13.2 Å². The number of rotatable bonds is 6. The fourth-order valence-electron chi connectivity index (χ4n) is 1.31. The zero-order chi connectivity index (χ0) is 12.9. The molecule has 0 fully saturated rings. The molecule has 0 aromatic heterocycles. The molecule has 1 aromatic carbocycles. The summed E-state index contributed by atoms with van der Waals surface area (Å²) in [5.41, 5.74) is 0. The zero-order valence-corrected chi connectivity index (χ0v) is 10.8. The molecule has 94 valence electrons. The molecule has 0 saturated carbocycles. The minimum atomic E-state index is -3.24. The third kappa shape index (κ3) is 4.56. The molecule has 1 rings (SSSR count). The van der Waals surface area contributed by atoms with Crippen LogP contribution in [0.3, 0.4) is 0 Å². The summed E-state index contributed by atoms with van der Waals surface area (Å²) < 4.78 is 27.8. The number of sulfone groups is 1. The minimum Gasteiger partial charge on any atom is -0.486 e. The Morgan fingerprint density at radius 2 is 2.06 bits per heavy atom. The lowest BCUT2D eigenvalue weighted by Crippen LogP contribution is -2.10. The van der Waals surface area contributed by atoms with E-state index in [0.717, 1.165) is 12.7 Å². The molecule has 1 aromatic rings. The first-order valence-electron chi connectivity index (χ1n) is 5.38. The van der Waals surface area contributed by atoms with Gasteiger partial charge in [0.2, 0.25) is 0 Å². The van der Waals surface area contributed by atoms with Gasteiger partial charge in [-0.25, -0.2) is 8.42 Å². The molecule has 0 atom stereocenters. The molecule has 0 amide bonds. The first kappa shape index (κ1) is 13.7. The summed E-state index contributed by atoms with van der Waals surface area (Å²) in [7, 11) is -3.24. The van der Waals surface area contributed by atoms with Crippen LogP contribution in [0.5, 0.6) is 5.75 Å². The normalized spacial score (nSPS) is 11.2. The lowest BCUT2D eigenvalue weighted by Gasteiger charge is -2.06. The minimum absolute atomic E-state index is 0.0114. The molecule has 0 aliphatic rings. The molecule has 5 heteroatoms. The number of carbonyl (C=O) groups is 1. The highest BCUT2D eigenvalue weighted by atomic mass is 32.2. The number of hydrogen-bond donors (Lipinski definition) is 0. The van der Waals surface area contributed by atoms with Gasteiger partial charge in [0, 0.05) is 12.7 Å². The molecule has 0 unspecified atom stereocenters. The van der Waals surface area contributed by atoms with Crippen molar-refractivity contribution in [1.29, 1.82) is 0 Å². The van der Waals surface area contributed by atoms with Gasteiger partial charge in [0.25, 0.3) is 0 Å². The quantitative estimate of drug-likeness (QED) is 0.779. The van der Waals surface area contributed by atoms with Gasteiger partial charge >= 0.3 is 0 Å². The van der Waals surface area contributed by atoms with Crippen molar-refractivity contribution < 1.29 is 17.9 Å². The van der Waals surface area contributed by atoms with Crippen molar-refractivity contribution in [2.24, 2.45) is 0 Å². The van der Waals surface area contributed by atoms with E-state index in [1.54, 1.807) is 12.1 Å². The SMILES string of the molecule is CCCC(=O)COc1cccc(S(C)(=O)=O)c1. The van der Waals surface area contributed by atoms with Gasteiger partial charge in [-0.15, -0.1) is 0 Å². The van der Waals surface area contributed by atoms with Crippen LogP contribution in [0.1, 0.15) is 19.8 Å². The lowest BCUT2D eigenvalue weighted by atomic mass is 10.2. The van der Waals surface area contributed by atoms with Gasteiger partial charge in [-0.1, -0.05) is 13.0 Å². The van der Waals surface area contributed by atoms with Gasteiger partial charge < -0.3 is 4.74 Å². The molecular formula is C12H16O4S. The second kappa shape index (κ2) is 5.82. The van der Waals surface area contributed by atoms with Crippen LogP contribution < -0.4 is 4.74 Å². The molecule has 0 saturated heterocycles. The number of Topliss-reactive ketones (excluding diaryl/α,β-unsaturated/α-hetero) is 1. The molecule has 0 spiro atoms. The van der Waals surface area contributed by atoms with Gasteiger partial charge in [-0.05, 0) is 24.6 Å². The van der Waals surface area contributed by atoms with Gasteiger partial charge in [0.05, 0.1) is 4.90 Å². The monoisotopic (exact) mass is 256 g/mol. The van der Waals surface area contributed by atoms with E-state index in [4.69, 9.17) is 4.74 Å². The number of ether oxygens (including phenoxy) is 1. The molecule has 0 aliphatic carbocycles. The average Bonchev–Trinajstić information content (AvgIpc) is 2.26. The van der Waals surface area contributed by atoms with Crippen LogP contribution >= 0.6 is 0 Å². The van der Waals surface area contributed by atoms with Crippen molar-refractivity contribution in [3.05, 3.63) is 24.3 Å². The molecular weight excluding hydrogens is 240 g/mol. The second-order valence-electron chi connectivity index (χ2n) is 3.82. The summed E-state index contributed by atoms with van der Waals surface area (Å²) in [6.45, 7) is 1.91. The van der Waals surface area contributed by atoms with Crippen molar-refractivity contribution in [2.45, 2.75) is 24.7 Å². The van der Waals surface area contributed by atoms with Crippen LogP contribution in [0.15, 0.2) is 29.2 Å². The van der Waals surface area contributed by atoms with Gasteiger partial charge in [0.15, 0.2) is 15.6 Å². The van der Waals surface area contributed by atoms with E-state index in [1.165, 1.54) is 12.1 Å². The van der Waals surface area contributed by atoms with Gasteiger partial charge in [0.1, 0.15) is 12.4 Å². The summed E-state index contributed by atoms with van der Waals surface area (Å²) in [5.74, 6) is 0.412. The van der Waals surface area contributed by atoms with Crippen molar-refractivity contribution in [3.63, 3.8) is 0 Å². The fraction of sp³-hybridized carbons (Fsp3) is 0.417. The van der Waals surface area contributed by atoms with E-state index >= 15 is 0 Å². The van der Waals surface area contributed by atoms with Crippen LogP contribution in [0.2, 0.25) is 0 Å². The second-order valence-corrected chi connectivity index (χ2v) is 5.84. The Morgan fingerprint density at radius 3 is 2.65 bits per heavy atom. The van der Waals surface area contributed by atoms with E-state index in [2.05, 4.69) is 0 Å². The molecule has 0 aliphatic heterocycles. The molecule has 17 heavy (non-hydrogen) atoms. The Balaban J connectivity index is 2.70. The third-order valence-corrected chi connectivity index (χ3v) is 3.27. The highest BCUT2D eigenvalue weighted by Crippen LogP contribution is 2.17. The van der Waals surface area contributed by atoms with Crippen LogP contribution in [-0.4, -0.2) is 27.1 Å². The van der Waals surface area contributed by atoms with Gasteiger partial charge in [-0.3, -0.25) is 4.79 Å². The van der Waals surface area contributed by atoms with Crippen molar-refractivity contribution in [2.75, 3.05) is 12.9 Å². The lowest BCUT2D eigenvalue weighted by molar-refractivity contribution is -0.121. The number of carbonyl (C=O) groups excluding carboxylic acids is 1. The number of ketones is 1. The molecule has 4 nitrogen and oxygen atoms in total. The first-order valence-corrected chi connectivity index (χ1v) is 7.27. The van der Waals surface area contributed by atoms with Crippen molar-refractivity contribution in [1.82, 2.24) is 0 Å². The fourth-order valence-corrected chi connectivity index (χ4v) is 1.97. The maximum atomic E-state index is 11.3. The van der Waals surface area contributed by atoms with Crippen LogP contribution in [0, 0.1) is 0 Å². The summed E-state index contributed by atoms with van der Waals surface area (Å²) in [4.78, 5) is 11.4. The Labute approximate surface area is 102 Å². The maximum Gasteiger partial charge on any atom is 0.175 e. The summed E-state index contributed by atoms with van der Waals surface area (Å²) >= 11 is 0. The zero-order valence-electron chi connectivity index (χ0n) is 9.97. The largest absolute Gasteiger partial charge is 0.486 e. The maximum absolute atomic E-state index is 11.3. The number of benzene rings is 1. The van der Waals surface area contributed by atoms with E-state index < -0.39 is 9.84 Å². The first-order chi connectivity index (χ1) is 7.93. The molecule has 0 radical (unpaired) electrons. The summed E-state index contributed by atoms with van der Waals surface area (Å²) in [5, 5.41) is 0. The van der Waals surface area contributed by atoms with E-state index in [0.29, 0.717) is 12.2 Å². The number of hydrogen-bond acceptors (Lipinski definition) is 4. The average molecular weight is 256 g/mol. The van der Waals surface area contributed by atoms with E-state index in [-0.39, 0.29) is 17.3 Å². The predicted octanol–water partition coefficient (Wildman–Crippen LogP) is 1.84. The standard InChI is InChI=1S/C12H16O4S/c1-3-5-10(13)9-16-11-6-4-7-12(8-11)17(2,14)15/h4,6-8H,3,5,9H2,1-2H3. The van der Waals surface area contributed by atoms with Crippen molar-refractivity contribution in [3.8, 4) is 5.75 Å². The topological polar surface area (TPSA) is 60.4 Å². The predicted molar refractivity (Wildman–Crippen MR) is 65.0 cm³/mol. The van der Waals surface area contributed by atoms with Crippen LogP contribution in [0.4, 0.5) is 0 Å². The van der Waals surface area contributed by atoms with E-state index in [1.807, 2.05) is 6.92 Å². The van der Waals surface area contributed by atoms with Crippen LogP contribution in [-0.2, 0) is 14.6 Å². The third-order valence-electron chi connectivity index (χ3n) is 2.16. The molecule has 0 bridgehead atoms. The summed E-state index contributed by atoms with van der Waals surface area (Å²) in [6.07, 6.45) is 2.39. The highest BCUT2D eigenvalue weighted by Gasteiger charge is 2.08. The van der Waals surface area contributed by atoms with Gasteiger partial charge in [-0.2, -0.15) is 0 Å².